The zero-order chi connectivity index (χ0) is 20.7. The predicted octanol–water partition coefficient (Wildman–Crippen LogP) is 2.35. The van der Waals surface area contributed by atoms with Gasteiger partial charge >= 0.3 is 0 Å². The summed E-state index contributed by atoms with van der Waals surface area (Å²) in [6, 6.07) is 4.09. The van der Waals surface area contributed by atoms with Gasteiger partial charge in [0.1, 0.15) is 11.6 Å². The minimum absolute atomic E-state index is 0.0354. The van der Waals surface area contributed by atoms with Gasteiger partial charge in [0.05, 0.1) is 12.6 Å². The number of rotatable bonds is 8. The second-order valence-corrected chi connectivity index (χ2v) is 7.26. The van der Waals surface area contributed by atoms with Gasteiger partial charge in [-0.1, -0.05) is 0 Å². The van der Waals surface area contributed by atoms with E-state index in [0.717, 1.165) is 42.9 Å². The number of hydrogen-bond donors (Lipinski definition) is 1. The first kappa shape index (κ1) is 21.7. The summed E-state index contributed by atoms with van der Waals surface area (Å²) in [4.78, 5) is 26.2. The number of amides is 2. The van der Waals surface area contributed by atoms with Crippen molar-refractivity contribution >= 4 is 17.9 Å². The number of ether oxygens (including phenoxy) is 1. The van der Waals surface area contributed by atoms with Gasteiger partial charge in [-0.2, -0.15) is 5.26 Å². The van der Waals surface area contributed by atoms with Crippen LogP contribution in [0.3, 0.4) is 0 Å². The number of nitrogens with one attached hydrogen (secondary N) is 1. The van der Waals surface area contributed by atoms with E-state index in [-0.39, 0.29) is 30.5 Å². The van der Waals surface area contributed by atoms with E-state index in [1.807, 2.05) is 30.9 Å². The highest BCUT2D eigenvalue weighted by Crippen LogP contribution is 2.22. The topological polar surface area (TPSA) is 87.4 Å². The SMILES string of the molecule is COCC(C)n1c(C)cc(/C=C(\C#N)C(=O)NCCC(=O)N2CCCC2)c1C. The molecule has 7 nitrogen and oxygen atoms in total. The first-order chi connectivity index (χ1) is 13.4. The molecule has 1 aliphatic rings. The van der Waals surface area contributed by atoms with E-state index in [9.17, 15) is 14.9 Å². The zero-order valence-electron chi connectivity index (χ0n) is 17.2. The average Bonchev–Trinajstić information content (AvgIpc) is 3.28. The lowest BCUT2D eigenvalue weighted by Gasteiger charge is -2.17. The van der Waals surface area contributed by atoms with Gasteiger partial charge in [-0.15, -0.1) is 0 Å². The molecule has 1 aliphatic heterocycles. The van der Waals surface area contributed by atoms with E-state index in [4.69, 9.17) is 4.74 Å². The lowest BCUT2D eigenvalue weighted by molar-refractivity contribution is -0.130. The maximum atomic E-state index is 12.4. The van der Waals surface area contributed by atoms with Crippen LogP contribution in [0.5, 0.6) is 0 Å². The Morgan fingerprint density at radius 2 is 2.04 bits per heavy atom. The molecule has 0 spiro atoms. The van der Waals surface area contributed by atoms with Gasteiger partial charge < -0.3 is 19.5 Å². The summed E-state index contributed by atoms with van der Waals surface area (Å²) in [5.74, 6) is -0.401. The number of aryl methyl sites for hydroxylation is 1. The molecule has 0 bridgehead atoms. The van der Waals surface area contributed by atoms with E-state index < -0.39 is 5.91 Å². The Bertz CT molecular complexity index is 782. The second-order valence-electron chi connectivity index (χ2n) is 7.26. The lowest BCUT2D eigenvalue weighted by Crippen LogP contribution is -2.33. The van der Waals surface area contributed by atoms with Crippen molar-refractivity contribution in [2.75, 3.05) is 33.4 Å². The minimum atomic E-state index is -0.452. The molecular formula is C21H30N4O3. The number of hydrogen-bond acceptors (Lipinski definition) is 4. The van der Waals surface area contributed by atoms with E-state index in [2.05, 4.69) is 16.8 Å². The van der Waals surface area contributed by atoms with Crippen LogP contribution < -0.4 is 5.32 Å². The Morgan fingerprint density at radius 3 is 2.64 bits per heavy atom. The molecule has 2 rings (SSSR count). The fourth-order valence-corrected chi connectivity index (χ4v) is 3.75. The Morgan fingerprint density at radius 1 is 1.36 bits per heavy atom. The average molecular weight is 386 g/mol. The van der Waals surface area contributed by atoms with Crippen LogP contribution in [0, 0.1) is 25.2 Å². The summed E-state index contributed by atoms with van der Waals surface area (Å²) in [5.41, 5.74) is 2.89. The molecule has 1 N–H and O–H groups in total. The lowest BCUT2D eigenvalue weighted by atomic mass is 10.1. The van der Waals surface area contributed by atoms with E-state index in [1.54, 1.807) is 13.2 Å². The fourth-order valence-electron chi connectivity index (χ4n) is 3.75. The summed E-state index contributed by atoms with van der Waals surface area (Å²) in [6.07, 6.45) is 3.95. The Hall–Kier alpha value is -2.59. The molecule has 1 unspecified atom stereocenters. The monoisotopic (exact) mass is 386 g/mol. The van der Waals surface area contributed by atoms with Crippen LogP contribution in [-0.4, -0.2) is 54.6 Å². The first-order valence-electron chi connectivity index (χ1n) is 9.74. The van der Waals surface area contributed by atoms with Crippen molar-refractivity contribution in [2.24, 2.45) is 0 Å². The molecule has 152 valence electrons. The number of nitrogens with zero attached hydrogens (tertiary/aromatic N) is 3. The molecule has 28 heavy (non-hydrogen) atoms. The molecule has 1 saturated heterocycles. The molecule has 7 heteroatoms. The maximum absolute atomic E-state index is 12.4. The van der Waals surface area contributed by atoms with Crippen molar-refractivity contribution in [3.63, 3.8) is 0 Å². The number of methoxy groups -OCH3 is 1. The Kier molecular flexibility index (Phi) is 7.82. The van der Waals surface area contributed by atoms with Crippen LogP contribution in [0.25, 0.3) is 6.08 Å². The highest BCUT2D eigenvalue weighted by Gasteiger charge is 2.19. The predicted molar refractivity (Wildman–Crippen MR) is 108 cm³/mol. The normalized spacial score (nSPS) is 15.4. The van der Waals surface area contributed by atoms with Crippen LogP contribution in [0.4, 0.5) is 0 Å². The minimum Gasteiger partial charge on any atom is -0.383 e. The number of aromatic nitrogens is 1. The number of nitriles is 1. The highest BCUT2D eigenvalue weighted by atomic mass is 16.5. The van der Waals surface area contributed by atoms with Gasteiger partial charge in [0.25, 0.3) is 5.91 Å². The van der Waals surface area contributed by atoms with Crippen LogP contribution in [0.1, 0.15) is 49.2 Å². The van der Waals surface area contributed by atoms with Crippen molar-refractivity contribution in [3.05, 3.63) is 28.6 Å². The largest absolute Gasteiger partial charge is 0.383 e. The number of carbonyl (C=O) groups is 2. The summed E-state index contributed by atoms with van der Waals surface area (Å²) in [7, 11) is 1.66. The van der Waals surface area contributed by atoms with Crippen LogP contribution >= 0.6 is 0 Å². The van der Waals surface area contributed by atoms with Gasteiger partial charge in [-0.05, 0) is 51.3 Å². The molecule has 2 heterocycles. The molecule has 0 aromatic carbocycles. The third-order valence-electron chi connectivity index (χ3n) is 5.12. The zero-order valence-corrected chi connectivity index (χ0v) is 17.2. The van der Waals surface area contributed by atoms with Gasteiger partial charge in [-0.25, -0.2) is 0 Å². The third kappa shape index (κ3) is 5.23. The second kappa shape index (κ2) is 10.1. The van der Waals surface area contributed by atoms with Crippen molar-refractivity contribution in [3.8, 4) is 6.07 Å². The standard InChI is InChI=1S/C21H30N4O3/c1-15-11-18(17(3)25(15)16(2)14-28-4)12-19(13-22)21(27)23-8-7-20(26)24-9-5-6-10-24/h11-12,16H,5-10,14H2,1-4H3,(H,23,27)/b19-12+. The third-order valence-corrected chi connectivity index (χ3v) is 5.12. The Balaban J connectivity index is 2.02. The Labute approximate surface area is 166 Å². The van der Waals surface area contributed by atoms with Crippen molar-refractivity contribution in [1.29, 1.82) is 5.26 Å². The van der Waals surface area contributed by atoms with Gasteiger partial charge in [-0.3, -0.25) is 9.59 Å². The smallest absolute Gasteiger partial charge is 0.261 e. The first-order valence-corrected chi connectivity index (χ1v) is 9.74. The molecular weight excluding hydrogens is 356 g/mol. The quantitative estimate of drug-likeness (QED) is 0.549. The van der Waals surface area contributed by atoms with Crippen molar-refractivity contribution in [2.45, 2.75) is 46.1 Å². The van der Waals surface area contributed by atoms with Gasteiger partial charge in [0, 0.05) is 44.6 Å². The van der Waals surface area contributed by atoms with Crippen molar-refractivity contribution in [1.82, 2.24) is 14.8 Å². The van der Waals surface area contributed by atoms with Crippen LogP contribution in [0.15, 0.2) is 11.6 Å². The van der Waals surface area contributed by atoms with Gasteiger partial charge in [0.2, 0.25) is 5.91 Å². The van der Waals surface area contributed by atoms with Crippen LogP contribution in [0.2, 0.25) is 0 Å². The number of likely N-dealkylation sites (tertiary alicyclic amines) is 1. The van der Waals surface area contributed by atoms with Gasteiger partial charge in [0.15, 0.2) is 0 Å². The number of carbonyl (C=O) groups excluding carboxylic acids is 2. The summed E-state index contributed by atoms with van der Waals surface area (Å²) < 4.78 is 7.37. The summed E-state index contributed by atoms with van der Waals surface area (Å²) in [6.45, 7) is 8.43. The van der Waals surface area contributed by atoms with Crippen molar-refractivity contribution < 1.29 is 14.3 Å². The highest BCUT2D eigenvalue weighted by molar-refractivity contribution is 6.02. The fraction of sp³-hybridized carbons (Fsp3) is 0.571. The maximum Gasteiger partial charge on any atom is 0.261 e. The molecule has 0 radical (unpaired) electrons. The molecule has 0 saturated carbocycles. The molecule has 2 amide bonds. The molecule has 0 aliphatic carbocycles. The molecule has 1 fully saturated rings. The van der Waals surface area contributed by atoms with E-state index in [1.165, 1.54) is 0 Å². The summed E-state index contributed by atoms with van der Waals surface area (Å²) in [5, 5.41) is 12.1. The molecule has 1 aromatic heterocycles. The molecule has 1 aromatic rings. The van der Waals surface area contributed by atoms with Crippen LogP contribution in [-0.2, 0) is 14.3 Å². The molecule has 1 atom stereocenters. The summed E-state index contributed by atoms with van der Waals surface area (Å²) >= 11 is 0. The van der Waals surface area contributed by atoms with E-state index >= 15 is 0 Å². The van der Waals surface area contributed by atoms with E-state index in [0.29, 0.717) is 6.61 Å².